The summed E-state index contributed by atoms with van der Waals surface area (Å²) in [5.74, 6) is 0.322. The van der Waals surface area contributed by atoms with Gasteiger partial charge in [0.15, 0.2) is 0 Å². The average Bonchev–Trinajstić information content (AvgIpc) is 2.85. The van der Waals surface area contributed by atoms with E-state index in [9.17, 15) is 10.2 Å². The van der Waals surface area contributed by atoms with Crippen LogP contribution in [0.25, 0.3) is 0 Å². The molecule has 0 spiro atoms. The summed E-state index contributed by atoms with van der Waals surface area (Å²) in [6.07, 6.45) is 0. The smallest absolute Gasteiger partial charge is 0.0721 e. The van der Waals surface area contributed by atoms with Crippen LogP contribution in [-0.4, -0.2) is 23.4 Å². The van der Waals surface area contributed by atoms with E-state index >= 15 is 0 Å². The lowest BCUT2D eigenvalue weighted by molar-refractivity contribution is 0.105. The molecule has 3 aromatic rings. The van der Waals surface area contributed by atoms with Gasteiger partial charge in [-0.15, -0.1) is 0 Å². The number of aliphatic hydroxyl groups excluding tert-OH is 2. The summed E-state index contributed by atoms with van der Waals surface area (Å²) in [5, 5.41) is 18.5. The molecule has 2 N–H and O–H groups in total. The topological polar surface area (TPSA) is 58.9 Å². The number of hydrogen-bond donors (Lipinski definition) is 2. The van der Waals surface area contributed by atoms with E-state index in [4.69, 9.17) is 9.47 Å². The molecule has 0 aliphatic heterocycles. The molecule has 2 atom stereocenters. The van der Waals surface area contributed by atoms with Crippen molar-refractivity contribution in [2.45, 2.75) is 52.1 Å². The first kappa shape index (κ1) is 24.1. The van der Waals surface area contributed by atoms with Gasteiger partial charge in [-0.1, -0.05) is 86.6 Å². The maximum absolute atomic E-state index is 9.24. The average molecular weight is 435 g/mol. The van der Waals surface area contributed by atoms with Gasteiger partial charge in [-0.05, 0) is 33.4 Å². The fourth-order valence-electron chi connectivity index (χ4n) is 3.40. The van der Waals surface area contributed by atoms with E-state index < -0.39 is 0 Å². The minimum Gasteiger partial charge on any atom is -0.396 e. The van der Waals surface area contributed by atoms with Crippen LogP contribution in [0.1, 0.15) is 59.1 Å². The fourth-order valence-corrected chi connectivity index (χ4v) is 3.40. The molecule has 2 unspecified atom stereocenters. The van der Waals surface area contributed by atoms with Gasteiger partial charge >= 0.3 is 0 Å². The van der Waals surface area contributed by atoms with Crippen LogP contribution in [0.3, 0.4) is 0 Å². The van der Waals surface area contributed by atoms with Crippen LogP contribution in [0.15, 0.2) is 72.8 Å². The van der Waals surface area contributed by atoms with Gasteiger partial charge in [-0.3, -0.25) is 0 Å². The molecule has 0 amide bonds. The predicted molar refractivity (Wildman–Crippen MR) is 127 cm³/mol. The zero-order valence-corrected chi connectivity index (χ0v) is 19.0. The molecule has 0 saturated carbocycles. The fraction of sp³-hybridized carbons (Fsp3) is 0.357. The predicted octanol–water partition coefficient (Wildman–Crippen LogP) is 5.31. The van der Waals surface area contributed by atoms with Crippen molar-refractivity contribution in [2.24, 2.45) is 0 Å². The summed E-state index contributed by atoms with van der Waals surface area (Å²) in [6.45, 7) is 6.60. The van der Waals surface area contributed by atoms with Crippen molar-refractivity contribution in [1.29, 1.82) is 0 Å². The third-order valence-electron chi connectivity index (χ3n) is 5.74. The first-order chi connectivity index (χ1) is 15.6. The largest absolute Gasteiger partial charge is 0.396 e. The summed E-state index contributed by atoms with van der Waals surface area (Å²) < 4.78 is 11.7. The van der Waals surface area contributed by atoms with Crippen molar-refractivity contribution in [1.82, 2.24) is 0 Å². The van der Waals surface area contributed by atoms with Crippen LogP contribution in [0.5, 0.6) is 0 Å². The number of aliphatic hydroxyl groups is 2. The first-order valence-electron chi connectivity index (χ1n) is 11.2. The second-order valence-electron chi connectivity index (χ2n) is 8.45. The van der Waals surface area contributed by atoms with Crippen molar-refractivity contribution in [2.75, 3.05) is 13.2 Å². The number of benzene rings is 3. The van der Waals surface area contributed by atoms with Crippen LogP contribution in [0, 0.1) is 0 Å². The van der Waals surface area contributed by atoms with Crippen molar-refractivity contribution in [3.8, 4) is 0 Å². The Morgan fingerprint density at radius 2 is 0.750 bits per heavy atom. The van der Waals surface area contributed by atoms with E-state index in [-0.39, 0.29) is 25.0 Å². The third-order valence-corrected chi connectivity index (χ3v) is 5.74. The van der Waals surface area contributed by atoms with E-state index in [1.54, 1.807) is 0 Å². The molecule has 0 aliphatic carbocycles. The molecule has 32 heavy (non-hydrogen) atoms. The van der Waals surface area contributed by atoms with Gasteiger partial charge in [-0.2, -0.15) is 0 Å². The normalized spacial score (nSPS) is 13.1. The van der Waals surface area contributed by atoms with E-state index in [0.717, 1.165) is 33.4 Å². The Balaban J connectivity index is 1.38. The number of rotatable bonds is 12. The zero-order chi connectivity index (χ0) is 22.8. The van der Waals surface area contributed by atoms with E-state index in [1.807, 2.05) is 13.8 Å². The van der Waals surface area contributed by atoms with E-state index in [0.29, 0.717) is 26.4 Å². The highest BCUT2D eigenvalue weighted by atomic mass is 16.5. The monoisotopic (exact) mass is 434 g/mol. The maximum Gasteiger partial charge on any atom is 0.0721 e. The Hall–Kier alpha value is -2.50. The molecular weight excluding hydrogens is 400 g/mol. The minimum atomic E-state index is 0.161. The van der Waals surface area contributed by atoms with Gasteiger partial charge in [-0.25, -0.2) is 0 Å². The van der Waals surface area contributed by atoms with Gasteiger partial charge in [0.25, 0.3) is 0 Å². The molecule has 4 heteroatoms. The SMILES string of the molecule is CC(CO)c1ccc(COCc2ccc(COCc3ccc(C(C)CO)cc3)cc2)cc1. The van der Waals surface area contributed by atoms with Crippen molar-refractivity contribution >= 4 is 0 Å². The molecule has 0 heterocycles. The molecule has 0 bridgehead atoms. The molecule has 3 rings (SSSR count). The third kappa shape index (κ3) is 7.28. The van der Waals surface area contributed by atoms with Gasteiger partial charge < -0.3 is 19.7 Å². The number of ether oxygens (including phenoxy) is 2. The van der Waals surface area contributed by atoms with Gasteiger partial charge in [0.2, 0.25) is 0 Å². The van der Waals surface area contributed by atoms with Crippen LogP contribution in [0.2, 0.25) is 0 Å². The number of hydrogen-bond acceptors (Lipinski definition) is 4. The summed E-state index contributed by atoms with van der Waals surface area (Å²) >= 11 is 0. The Morgan fingerprint density at radius 1 is 0.500 bits per heavy atom. The Morgan fingerprint density at radius 3 is 1.00 bits per heavy atom. The summed E-state index contributed by atoms with van der Waals surface area (Å²) in [7, 11) is 0. The highest BCUT2D eigenvalue weighted by molar-refractivity contribution is 5.26. The highest BCUT2D eigenvalue weighted by Crippen LogP contribution is 2.17. The van der Waals surface area contributed by atoms with Crippen molar-refractivity contribution < 1.29 is 19.7 Å². The summed E-state index contributed by atoms with van der Waals surface area (Å²) in [4.78, 5) is 0. The second kappa shape index (κ2) is 12.5. The van der Waals surface area contributed by atoms with Gasteiger partial charge in [0, 0.05) is 25.0 Å². The Bertz CT molecular complexity index is 839. The standard InChI is InChI=1S/C28H34O4/c1-21(15-29)27-11-7-25(8-12-27)19-31-17-23-3-5-24(6-4-23)18-32-20-26-9-13-28(14-10-26)22(2)16-30/h3-14,21-22,29-30H,15-20H2,1-2H3. The van der Waals surface area contributed by atoms with Crippen LogP contribution < -0.4 is 0 Å². The van der Waals surface area contributed by atoms with Crippen LogP contribution in [-0.2, 0) is 35.9 Å². The lowest BCUT2D eigenvalue weighted by Crippen LogP contribution is -2.00. The lowest BCUT2D eigenvalue weighted by Gasteiger charge is -2.10. The summed E-state index contributed by atoms with van der Waals surface area (Å²) in [6, 6.07) is 24.8. The van der Waals surface area contributed by atoms with Crippen LogP contribution >= 0.6 is 0 Å². The zero-order valence-electron chi connectivity index (χ0n) is 19.0. The molecule has 170 valence electrons. The van der Waals surface area contributed by atoms with Gasteiger partial charge in [0.05, 0.1) is 26.4 Å². The molecule has 4 nitrogen and oxygen atoms in total. The Kier molecular flexibility index (Phi) is 9.44. The molecule has 0 fully saturated rings. The van der Waals surface area contributed by atoms with Crippen molar-refractivity contribution in [3.63, 3.8) is 0 Å². The molecule has 0 aromatic heterocycles. The van der Waals surface area contributed by atoms with Gasteiger partial charge in [0.1, 0.15) is 0 Å². The molecule has 3 aromatic carbocycles. The van der Waals surface area contributed by atoms with Crippen molar-refractivity contribution in [3.05, 3.63) is 106 Å². The van der Waals surface area contributed by atoms with Crippen LogP contribution in [0.4, 0.5) is 0 Å². The lowest BCUT2D eigenvalue weighted by atomic mass is 10.0. The van der Waals surface area contributed by atoms with E-state index in [2.05, 4.69) is 72.8 Å². The quantitative estimate of drug-likeness (QED) is 0.405. The molecule has 0 radical (unpaired) electrons. The molecular formula is C28H34O4. The second-order valence-corrected chi connectivity index (χ2v) is 8.45. The molecule has 0 saturated heterocycles. The minimum absolute atomic E-state index is 0.161. The Labute approximate surface area is 191 Å². The first-order valence-corrected chi connectivity index (χ1v) is 11.2. The maximum atomic E-state index is 9.24. The molecule has 0 aliphatic rings. The van der Waals surface area contributed by atoms with E-state index in [1.165, 1.54) is 0 Å². The highest BCUT2D eigenvalue weighted by Gasteiger charge is 2.05. The summed E-state index contributed by atoms with van der Waals surface area (Å²) in [5.41, 5.74) is 6.80.